The van der Waals surface area contributed by atoms with Crippen molar-refractivity contribution in [1.29, 1.82) is 0 Å². The van der Waals surface area contributed by atoms with Crippen LogP contribution in [0.15, 0.2) is 6.07 Å². The molecule has 1 aromatic heterocycles. The van der Waals surface area contributed by atoms with E-state index in [1.54, 1.807) is 0 Å². The number of nitrogens with zero attached hydrogens (tertiary/aromatic N) is 1. The smallest absolute Gasteiger partial charge is 0.305 e. The van der Waals surface area contributed by atoms with E-state index in [0.717, 1.165) is 26.1 Å². The third kappa shape index (κ3) is 3.88. The van der Waals surface area contributed by atoms with Crippen LogP contribution in [0.3, 0.4) is 0 Å². The van der Waals surface area contributed by atoms with E-state index >= 15 is 0 Å². The van der Waals surface area contributed by atoms with E-state index in [9.17, 15) is 4.79 Å². The van der Waals surface area contributed by atoms with Gasteiger partial charge in [-0.05, 0) is 45.4 Å². The van der Waals surface area contributed by atoms with Crippen LogP contribution in [0.1, 0.15) is 36.7 Å². The number of rotatable bonds is 7. The molecule has 1 N–H and O–H groups in total. The predicted molar refractivity (Wildman–Crippen MR) is 72.5 cm³/mol. The molecule has 0 saturated heterocycles. The number of carbonyl (C=O) groups excluding carboxylic acids is 1. The first-order chi connectivity index (χ1) is 8.60. The van der Waals surface area contributed by atoms with E-state index in [-0.39, 0.29) is 5.97 Å². The summed E-state index contributed by atoms with van der Waals surface area (Å²) in [6.45, 7) is 9.17. The van der Waals surface area contributed by atoms with Gasteiger partial charge in [-0.15, -0.1) is 0 Å². The normalized spacial score (nSPS) is 10.7. The number of aryl methyl sites for hydroxylation is 1. The van der Waals surface area contributed by atoms with Crippen LogP contribution >= 0.6 is 0 Å². The van der Waals surface area contributed by atoms with Gasteiger partial charge in [-0.3, -0.25) is 4.79 Å². The molecule has 0 atom stereocenters. The molecule has 1 heterocycles. The maximum atomic E-state index is 10.9. The average molecular weight is 252 g/mol. The van der Waals surface area contributed by atoms with Crippen LogP contribution in [-0.4, -0.2) is 24.2 Å². The van der Waals surface area contributed by atoms with Crippen molar-refractivity contribution < 1.29 is 9.53 Å². The van der Waals surface area contributed by atoms with E-state index in [0.29, 0.717) is 6.42 Å². The molecule has 1 aromatic rings. The summed E-state index contributed by atoms with van der Waals surface area (Å²) in [5.41, 5.74) is 3.98. The van der Waals surface area contributed by atoms with E-state index < -0.39 is 0 Å². The molecule has 1 rings (SSSR count). The van der Waals surface area contributed by atoms with E-state index in [2.05, 4.69) is 41.5 Å². The molecule has 0 saturated carbocycles. The molecule has 4 heteroatoms. The van der Waals surface area contributed by atoms with Gasteiger partial charge in [-0.1, -0.05) is 0 Å². The molecule has 18 heavy (non-hydrogen) atoms. The predicted octanol–water partition coefficient (Wildman–Crippen LogP) is 2.17. The fourth-order valence-corrected chi connectivity index (χ4v) is 2.22. The summed E-state index contributed by atoms with van der Waals surface area (Å²) in [4.78, 5) is 10.9. The van der Waals surface area contributed by atoms with E-state index in [1.165, 1.54) is 24.1 Å². The third-order valence-corrected chi connectivity index (χ3v) is 3.27. The highest BCUT2D eigenvalue weighted by atomic mass is 16.5. The van der Waals surface area contributed by atoms with Crippen molar-refractivity contribution >= 4 is 5.97 Å². The minimum Gasteiger partial charge on any atom is -0.469 e. The highest BCUT2D eigenvalue weighted by Crippen LogP contribution is 2.14. The minimum atomic E-state index is -0.138. The van der Waals surface area contributed by atoms with Gasteiger partial charge >= 0.3 is 5.97 Å². The zero-order valence-corrected chi connectivity index (χ0v) is 11.9. The monoisotopic (exact) mass is 252 g/mol. The molecule has 0 unspecified atom stereocenters. The number of carbonyl (C=O) groups is 1. The fourth-order valence-electron chi connectivity index (χ4n) is 2.22. The summed E-state index contributed by atoms with van der Waals surface area (Å²) in [6.07, 6.45) is 1.30. The first-order valence-corrected chi connectivity index (χ1v) is 6.53. The lowest BCUT2D eigenvalue weighted by Crippen LogP contribution is -2.16. The van der Waals surface area contributed by atoms with Crippen LogP contribution in [0.5, 0.6) is 0 Å². The van der Waals surface area contributed by atoms with Crippen molar-refractivity contribution in [3.63, 3.8) is 0 Å². The maximum absolute atomic E-state index is 10.9. The molecule has 0 radical (unpaired) electrons. The van der Waals surface area contributed by atoms with Crippen molar-refractivity contribution in [1.82, 2.24) is 9.88 Å². The summed E-state index contributed by atoms with van der Waals surface area (Å²) < 4.78 is 6.91. The summed E-state index contributed by atoms with van der Waals surface area (Å²) in [5, 5.41) is 3.37. The second kappa shape index (κ2) is 7.21. The van der Waals surface area contributed by atoms with Crippen LogP contribution in [-0.2, 0) is 22.6 Å². The number of aromatic nitrogens is 1. The number of nitrogens with one attached hydrogen (secondary N) is 1. The highest BCUT2D eigenvalue weighted by molar-refractivity contribution is 5.69. The Morgan fingerprint density at radius 1 is 1.44 bits per heavy atom. The van der Waals surface area contributed by atoms with Gasteiger partial charge in [0.05, 0.1) is 7.11 Å². The van der Waals surface area contributed by atoms with Crippen molar-refractivity contribution in [2.75, 3.05) is 13.7 Å². The van der Waals surface area contributed by atoms with E-state index in [1.807, 2.05) is 0 Å². The molecule has 0 aromatic carbocycles. The maximum Gasteiger partial charge on any atom is 0.305 e. The Bertz CT molecular complexity index is 397. The van der Waals surface area contributed by atoms with Gasteiger partial charge in [0.25, 0.3) is 0 Å². The van der Waals surface area contributed by atoms with Gasteiger partial charge in [0, 0.05) is 30.9 Å². The Morgan fingerprint density at radius 3 is 2.72 bits per heavy atom. The zero-order valence-electron chi connectivity index (χ0n) is 11.9. The Kier molecular flexibility index (Phi) is 5.92. The van der Waals surface area contributed by atoms with Crippen molar-refractivity contribution in [3.05, 3.63) is 23.0 Å². The molecule has 0 aliphatic heterocycles. The SMILES string of the molecule is CCn1c(C)cc(CNCCCC(=O)OC)c1C. The van der Waals surface area contributed by atoms with Gasteiger partial charge < -0.3 is 14.6 Å². The summed E-state index contributed by atoms with van der Waals surface area (Å²) in [5.74, 6) is -0.138. The Balaban J connectivity index is 2.34. The molecular weight excluding hydrogens is 228 g/mol. The number of esters is 1. The Hall–Kier alpha value is -1.29. The number of methoxy groups -OCH3 is 1. The summed E-state index contributed by atoms with van der Waals surface area (Å²) in [7, 11) is 1.43. The first-order valence-electron chi connectivity index (χ1n) is 6.53. The molecule has 4 nitrogen and oxygen atoms in total. The van der Waals surface area contributed by atoms with Crippen molar-refractivity contribution in [3.8, 4) is 0 Å². The third-order valence-electron chi connectivity index (χ3n) is 3.27. The molecule has 0 aliphatic carbocycles. The minimum absolute atomic E-state index is 0.138. The van der Waals surface area contributed by atoms with Gasteiger partial charge in [-0.2, -0.15) is 0 Å². The molecule has 0 spiro atoms. The van der Waals surface area contributed by atoms with Crippen LogP contribution in [0.4, 0.5) is 0 Å². The van der Waals surface area contributed by atoms with Crippen LogP contribution in [0.2, 0.25) is 0 Å². The quantitative estimate of drug-likeness (QED) is 0.597. The van der Waals surface area contributed by atoms with Crippen LogP contribution < -0.4 is 5.32 Å². The molecule has 102 valence electrons. The number of ether oxygens (including phenoxy) is 1. The largest absolute Gasteiger partial charge is 0.469 e. The Morgan fingerprint density at radius 2 is 2.17 bits per heavy atom. The van der Waals surface area contributed by atoms with E-state index in [4.69, 9.17) is 0 Å². The molecular formula is C14H24N2O2. The van der Waals surface area contributed by atoms with Crippen LogP contribution in [0.25, 0.3) is 0 Å². The lowest BCUT2D eigenvalue weighted by Gasteiger charge is -2.07. The first kappa shape index (κ1) is 14.8. The number of hydrogen-bond donors (Lipinski definition) is 1. The van der Waals surface area contributed by atoms with Gasteiger partial charge in [0.15, 0.2) is 0 Å². The second-order valence-corrected chi connectivity index (χ2v) is 4.50. The van der Waals surface area contributed by atoms with Gasteiger partial charge in [0.1, 0.15) is 0 Å². The zero-order chi connectivity index (χ0) is 13.5. The second-order valence-electron chi connectivity index (χ2n) is 4.50. The fraction of sp³-hybridized carbons (Fsp3) is 0.643. The molecule has 0 bridgehead atoms. The summed E-state index contributed by atoms with van der Waals surface area (Å²) >= 11 is 0. The number of hydrogen-bond acceptors (Lipinski definition) is 3. The molecule has 0 fully saturated rings. The standard InChI is InChI=1S/C14H24N2O2/c1-5-16-11(2)9-13(12(16)3)10-15-8-6-7-14(17)18-4/h9,15H,5-8,10H2,1-4H3. The topological polar surface area (TPSA) is 43.3 Å². The molecule has 0 amide bonds. The van der Waals surface area contributed by atoms with Crippen molar-refractivity contribution in [2.24, 2.45) is 0 Å². The Labute approximate surface area is 109 Å². The lowest BCUT2D eigenvalue weighted by molar-refractivity contribution is -0.140. The van der Waals surface area contributed by atoms with Crippen molar-refractivity contribution in [2.45, 2.75) is 46.7 Å². The summed E-state index contributed by atoms with van der Waals surface area (Å²) in [6, 6.07) is 2.23. The highest BCUT2D eigenvalue weighted by Gasteiger charge is 2.07. The molecule has 0 aliphatic rings. The lowest BCUT2D eigenvalue weighted by atomic mass is 10.2. The van der Waals surface area contributed by atoms with Gasteiger partial charge in [0.2, 0.25) is 0 Å². The van der Waals surface area contributed by atoms with Gasteiger partial charge in [-0.25, -0.2) is 0 Å². The average Bonchev–Trinajstić information content (AvgIpc) is 2.63. The van der Waals surface area contributed by atoms with Crippen LogP contribution in [0, 0.1) is 13.8 Å².